The van der Waals surface area contributed by atoms with Crippen LogP contribution in [0.4, 0.5) is 17.5 Å². The van der Waals surface area contributed by atoms with Gasteiger partial charge in [-0.3, -0.25) is 4.98 Å². The third kappa shape index (κ3) is 2.48. The molecule has 0 radical (unpaired) electrons. The van der Waals surface area contributed by atoms with Gasteiger partial charge in [0, 0.05) is 50.2 Å². The Morgan fingerprint density at radius 2 is 2.05 bits per heavy atom. The number of hydrogen-bond acceptors (Lipinski definition) is 6. The SMILES string of the molecule is CNc1nc2c(c(Nc3ccncc3)n1)CNCC2. The fourth-order valence-corrected chi connectivity index (χ4v) is 2.13. The summed E-state index contributed by atoms with van der Waals surface area (Å²) in [6.07, 6.45) is 4.44. The van der Waals surface area contributed by atoms with E-state index in [2.05, 4.69) is 30.9 Å². The Labute approximate surface area is 111 Å². The Hall–Kier alpha value is -2.21. The van der Waals surface area contributed by atoms with Crippen LogP contribution in [0.3, 0.4) is 0 Å². The topological polar surface area (TPSA) is 74.8 Å². The molecular weight excluding hydrogens is 240 g/mol. The van der Waals surface area contributed by atoms with E-state index in [0.29, 0.717) is 5.95 Å². The second kappa shape index (κ2) is 5.19. The van der Waals surface area contributed by atoms with Gasteiger partial charge in [0.25, 0.3) is 0 Å². The lowest BCUT2D eigenvalue weighted by Crippen LogP contribution is -2.26. The Balaban J connectivity index is 1.99. The van der Waals surface area contributed by atoms with Crippen molar-refractivity contribution in [1.82, 2.24) is 20.3 Å². The Morgan fingerprint density at radius 3 is 2.84 bits per heavy atom. The molecule has 0 bridgehead atoms. The maximum Gasteiger partial charge on any atom is 0.224 e. The van der Waals surface area contributed by atoms with Crippen LogP contribution in [-0.2, 0) is 13.0 Å². The van der Waals surface area contributed by atoms with E-state index < -0.39 is 0 Å². The van der Waals surface area contributed by atoms with Gasteiger partial charge in [-0.05, 0) is 12.1 Å². The van der Waals surface area contributed by atoms with Crippen molar-refractivity contribution < 1.29 is 0 Å². The second-order valence-corrected chi connectivity index (χ2v) is 4.36. The fraction of sp³-hybridized carbons (Fsp3) is 0.308. The molecule has 1 aliphatic heterocycles. The molecule has 1 aliphatic rings. The average Bonchev–Trinajstić information content (AvgIpc) is 2.48. The van der Waals surface area contributed by atoms with Crippen molar-refractivity contribution in [2.24, 2.45) is 0 Å². The normalized spacial score (nSPS) is 13.7. The molecule has 0 atom stereocenters. The van der Waals surface area contributed by atoms with Crippen molar-refractivity contribution >= 4 is 17.5 Å². The lowest BCUT2D eigenvalue weighted by molar-refractivity contribution is 0.628. The molecule has 98 valence electrons. The summed E-state index contributed by atoms with van der Waals surface area (Å²) in [7, 11) is 1.83. The smallest absolute Gasteiger partial charge is 0.224 e. The van der Waals surface area contributed by atoms with Gasteiger partial charge < -0.3 is 16.0 Å². The van der Waals surface area contributed by atoms with Crippen LogP contribution in [0.25, 0.3) is 0 Å². The lowest BCUT2D eigenvalue weighted by atomic mass is 10.1. The summed E-state index contributed by atoms with van der Waals surface area (Å²) in [5.41, 5.74) is 3.22. The molecule has 3 heterocycles. The van der Waals surface area contributed by atoms with Gasteiger partial charge in [0.1, 0.15) is 5.82 Å². The summed E-state index contributed by atoms with van der Waals surface area (Å²) in [6, 6.07) is 3.84. The molecule has 6 nitrogen and oxygen atoms in total. The summed E-state index contributed by atoms with van der Waals surface area (Å²) in [5, 5.41) is 9.70. The number of fused-ring (bicyclic) bond motifs is 1. The fourth-order valence-electron chi connectivity index (χ4n) is 2.13. The van der Waals surface area contributed by atoms with Crippen LogP contribution in [-0.4, -0.2) is 28.5 Å². The first kappa shape index (κ1) is 11.9. The van der Waals surface area contributed by atoms with Gasteiger partial charge in [-0.15, -0.1) is 0 Å². The molecule has 0 saturated carbocycles. The zero-order valence-electron chi connectivity index (χ0n) is 10.8. The molecule has 0 aromatic carbocycles. The summed E-state index contributed by atoms with van der Waals surface area (Å²) in [6.45, 7) is 1.76. The van der Waals surface area contributed by atoms with Gasteiger partial charge in [-0.1, -0.05) is 0 Å². The molecule has 0 fully saturated rings. The molecule has 3 rings (SSSR count). The summed E-state index contributed by atoms with van der Waals surface area (Å²) < 4.78 is 0. The van der Waals surface area contributed by atoms with E-state index in [4.69, 9.17) is 0 Å². The second-order valence-electron chi connectivity index (χ2n) is 4.36. The molecule has 0 spiro atoms. The maximum atomic E-state index is 4.52. The Bertz CT molecular complexity index is 569. The molecule has 0 aliphatic carbocycles. The van der Waals surface area contributed by atoms with Crippen LogP contribution in [0.5, 0.6) is 0 Å². The van der Waals surface area contributed by atoms with Crippen molar-refractivity contribution in [1.29, 1.82) is 0 Å². The molecule has 6 heteroatoms. The van der Waals surface area contributed by atoms with E-state index >= 15 is 0 Å². The monoisotopic (exact) mass is 256 g/mol. The van der Waals surface area contributed by atoms with Crippen molar-refractivity contribution in [2.45, 2.75) is 13.0 Å². The molecule has 0 amide bonds. The zero-order chi connectivity index (χ0) is 13.1. The van der Waals surface area contributed by atoms with Crippen molar-refractivity contribution in [3.05, 3.63) is 35.8 Å². The highest BCUT2D eigenvalue weighted by molar-refractivity contribution is 5.61. The minimum absolute atomic E-state index is 0.650. The predicted molar refractivity (Wildman–Crippen MR) is 74.5 cm³/mol. The molecule has 3 N–H and O–H groups in total. The standard InChI is InChI=1S/C13H16N6/c1-14-13-18-11-4-7-16-8-10(11)12(19-13)17-9-2-5-15-6-3-9/h2-3,5-6,16H,4,7-8H2,1H3,(H2,14,15,17,18,19). The van der Waals surface area contributed by atoms with Crippen LogP contribution in [0.15, 0.2) is 24.5 Å². The number of nitrogens with zero attached hydrogens (tertiary/aromatic N) is 3. The summed E-state index contributed by atoms with van der Waals surface area (Å²) >= 11 is 0. The van der Waals surface area contributed by atoms with E-state index in [1.807, 2.05) is 19.2 Å². The van der Waals surface area contributed by atoms with Gasteiger partial charge in [0.15, 0.2) is 0 Å². The molecule has 0 saturated heterocycles. The molecule has 0 unspecified atom stereocenters. The lowest BCUT2D eigenvalue weighted by Gasteiger charge is -2.20. The number of hydrogen-bond donors (Lipinski definition) is 3. The van der Waals surface area contributed by atoms with Gasteiger partial charge in [-0.25, -0.2) is 4.98 Å². The summed E-state index contributed by atoms with van der Waals surface area (Å²) in [4.78, 5) is 13.0. The highest BCUT2D eigenvalue weighted by Crippen LogP contribution is 2.24. The Kier molecular flexibility index (Phi) is 3.24. The number of pyridine rings is 1. The van der Waals surface area contributed by atoms with Crippen LogP contribution in [0.2, 0.25) is 0 Å². The third-order valence-electron chi connectivity index (χ3n) is 3.10. The third-order valence-corrected chi connectivity index (χ3v) is 3.10. The van der Waals surface area contributed by atoms with E-state index in [0.717, 1.165) is 42.3 Å². The first-order valence-corrected chi connectivity index (χ1v) is 6.32. The first-order valence-electron chi connectivity index (χ1n) is 6.32. The highest BCUT2D eigenvalue weighted by atomic mass is 15.1. The van der Waals surface area contributed by atoms with Gasteiger partial charge in [-0.2, -0.15) is 4.98 Å². The van der Waals surface area contributed by atoms with E-state index in [-0.39, 0.29) is 0 Å². The van der Waals surface area contributed by atoms with Crippen LogP contribution in [0.1, 0.15) is 11.3 Å². The largest absolute Gasteiger partial charge is 0.357 e. The average molecular weight is 256 g/mol. The van der Waals surface area contributed by atoms with Gasteiger partial charge in [0.05, 0.1) is 5.69 Å². The van der Waals surface area contributed by atoms with Crippen molar-refractivity contribution in [2.75, 3.05) is 24.2 Å². The first-order chi connectivity index (χ1) is 9.36. The molecular formula is C13H16N6. The quantitative estimate of drug-likeness (QED) is 0.768. The number of nitrogens with one attached hydrogen (secondary N) is 3. The predicted octanol–water partition coefficient (Wildman–Crippen LogP) is 1.30. The zero-order valence-corrected chi connectivity index (χ0v) is 10.8. The van der Waals surface area contributed by atoms with Gasteiger partial charge in [0.2, 0.25) is 5.95 Å². The minimum atomic E-state index is 0.650. The van der Waals surface area contributed by atoms with Crippen LogP contribution >= 0.6 is 0 Å². The van der Waals surface area contributed by atoms with Crippen molar-refractivity contribution in [3.8, 4) is 0 Å². The van der Waals surface area contributed by atoms with Crippen molar-refractivity contribution in [3.63, 3.8) is 0 Å². The van der Waals surface area contributed by atoms with E-state index in [9.17, 15) is 0 Å². The minimum Gasteiger partial charge on any atom is -0.357 e. The molecule has 19 heavy (non-hydrogen) atoms. The molecule has 2 aromatic rings. The Morgan fingerprint density at radius 1 is 1.21 bits per heavy atom. The van der Waals surface area contributed by atoms with Crippen LogP contribution in [0, 0.1) is 0 Å². The number of aromatic nitrogens is 3. The number of rotatable bonds is 3. The van der Waals surface area contributed by atoms with Crippen LogP contribution < -0.4 is 16.0 Å². The summed E-state index contributed by atoms with van der Waals surface area (Å²) in [5.74, 6) is 1.50. The maximum absolute atomic E-state index is 4.52. The molecule has 2 aromatic heterocycles. The van der Waals surface area contributed by atoms with E-state index in [1.165, 1.54) is 0 Å². The van der Waals surface area contributed by atoms with Gasteiger partial charge >= 0.3 is 0 Å². The van der Waals surface area contributed by atoms with E-state index in [1.54, 1.807) is 12.4 Å². The highest BCUT2D eigenvalue weighted by Gasteiger charge is 2.17. The number of anilines is 3.